The summed E-state index contributed by atoms with van der Waals surface area (Å²) in [4.78, 5) is 0. The first-order valence-electron chi connectivity index (χ1n) is 11.8. The van der Waals surface area contributed by atoms with E-state index < -0.39 is 54.1 Å². The van der Waals surface area contributed by atoms with Crippen molar-refractivity contribution in [1.82, 2.24) is 5.32 Å². The van der Waals surface area contributed by atoms with Gasteiger partial charge in [0.25, 0.3) is 0 Å². The molecule has 1 aromatic carbocycles. The molecule has 0 unspecified atom stereocenters. The Bertz CT molecular complexity index is 887. The molecule has 5 aliphatic rings. The number of ether oxygens (including phenoxy) is 6. The van der Waals surface area contributed by atoms with Gasteiger partial charge in [0, 0.05) is 13.2 Å². The van der Waals surface area contributed by atoms with Crippen molar-refractivity contribution < 1.29 is 48.8 Å². The molecule has 5 saturated heterocycles. The summed E-state index contributed by atoms with van der Waals surface area (Å²) in [6.45, 7) is 0.816. The second kappa shape index (κ2) is 8.63. The van der Waals surface area contributed by atoms with Gasteiger partial charge < -0.3 is 48.8 Å². The van der Waals surface area contributed by atoms with Crippen LogP contribution < -0.4 is 10.1 Å². The Kier molecular flexibility index (Phi) is 5.85. The van der Waals surface area contributed by atoms with Crippen LogP contribution >= 0.6 is 0 Å². The number of fused-ring (bicyclic) bond motifs is 3. The van der Waals surface area contributed by atoms with Crippen LogP contribution in [0.3, 0.4) is 0 Å². The molecule has 11 nitrogen and oxygen atoms in total. The highest BCUT2D eigenvalue weighted by Gasteiger charge is 2.74. The molecule has 1 aromatic rings. The lowest BCUT2D eigenvalue weighted by atomic mass is 9.83. The molecule has 5 aliphatic heterocycles. The maximum absolute atomic E-state index is 11.7. The Morgan fingerprint density at radius 3 is 2.50 bits per heavy atom. The predicted octanol–water partition coefficient (Wildman–Crippen LogP) is -2.30. The number of aliphatic hydroxyl groups excluding tert-OH is 3. The number of aliphatic hydroxyl groups is 4. The fourth-order valence-electron chi connectivity index (χ4n) is 5.90. The predicted molar refractivity (Wildman–Crippen MR) is 113 cm³/mol. The average molecular weight is 481 g/mol. The van der Waals surface area contributed by atoms with Crippen molar-refractivity contribution in [1.29, 1.82) is 0 Å². The summed E-state index contributed by atoms with van der Waals surface area (Å²) in [7, 11) is 0. The first-order chi connectivity index (χ1) is 16.4. The van der Waals surface area contributed by atoms with Gasteiger partial charge in [0.1, 0.15) is 66.8 Å². The van der Waals surface area contributed by atoms with Crippen LogP contribution in [0.5, 0.6) is 5.75 Å². The molecule has 10 atom stereocenters. The van der Waals surface area contributed by atoms with E-state index in [2.05, 4.69) is 5.32 Å². The molecule has 5 fully saturated rings. The minimum atomic E-state index is -1.61. The molecule has 5 N–H and O–H groups in total. The van der Waals surface area contributed by atoms with Gasteiger partial charge in [-0.15, -0.1) is 0 Å². The van der Waals surface area contributed by atoms with Crippen LogP contribution in [0.2, 0.25) is 0 Å². The first-order valence-corrected chi connectivity index (χ1v) is 11.8. The smallest absolute Gasteiger partial charge is 0.178 e. The van der Waals surface area contributed by atoms with Crippen LogP contribution in [-0.4, -0.2) is 120 Å². The van der Waals surface area contributed by atoms with Crippen LogP contribution in [-0.2, 0) is 30.1 Å². The number of hydrogen-bond donors (Lipinski definition) is 5. The molecule has 6 rings (SSSR count). The minimum Gasteiger partial charge on any atom is -0.491 e. The zero-order valence-corrected chi connectivity index (χ0v) is 18.6. The number of hydrogen-bond acceptors (Lipinski definition) is 11. The second-order valence-electron chi connectivity index (χ2n) is 9.73. The van der Waals surface area contributed by atoms with Gasteiger partial charge in [-0.2, -0.15) is 0 Å². The highest BCUT2D eigenvalue weighted by molar-refractivity contribution is 5.27. The average Bonchev–Trinajstić information content (AvgIpc) is 3.63. The van der Waals surface area contributed by atoms with E-state index in [-0.39, 0.29) is 39.1 Å². The maximum atomic E-state index is 11.7. The molecule has 0 saturated carbocycles. The molecular formula is C23H31NO10. The molecule has 0 aliphatic carbocycles. The SMILES string of the molecule is OCCc1ccc(OC[C@H]2CN[C@]3(O2)[C@@H]([C@@]2(O)CO[C@@H]4[C@H](O)CO[C@@H]42)O[C@@H]2[C@H](O)CO[C@@H]23)cc1. The van der Waals surface area contributed by atoms with Crippen LogP contribution in [0.15, 0.2) is 24.3 Å². The Labute approximate surface area is 196 Å². The van der Waals surface area contributed by atoms with E-state index in [4.69, 9.17) is 33.5 Å². The largest absolute Gasteiger partial charge is 0.491 e. The summed E-state index contributed by atoms with van der Waals surface area (Å²) in [6, 6.07) is 7.50. The van der Waals surface area contributed by atoms with Gasteiger partial charge in [-0.1, -0.05) is 12.1 Å². The van der Waals surface area contributed by atoms with Crippen LogP contribution in [0, 0.1) is 0 Å². The third-order valence-electron chi connectivity index (χ3n) is 7.53. The van der Waals surface area contributed by atoms with E-state index in [1.165, 1.54) is 0 Å². The maximum Gasteiger partial charge on any atom is 0.178 e. The quantitative estimate of drug-likeness (QED) is 0.299. The summed E-state index contributed by atoms with van der Waals surface area (Å²) >= 11 is 0. The van der Waals surface area contributed by atoms with E-state index in [0.717, 1.165) is 5.56 Å². The molecule has 34 heavy (non-hydrogen) atoms. The summed E-state index contributed by atoms with van der Waals surface area (Å²) in [5, 5.41) is 44.7. The van der Waals surface area contributed by atoms with E-state index in [9.17, 15) is 15.3 Å². The van der Waals surface area contributed by atoms with Crippen molar-refractivity contribution in [2.24, 2.45) is 0 Å². The Balaban J connectivity index is 1.20. The molecule has 5 heterocycles. The fourth-order valence-corrected chi connectivity index (χ4v) is 5.90. The van der Waals surface area contributed by atoms with E-state index >= 15 is 0 Å². The monoisotopic (exact) mass is 481 g/mol. The molecule has 0 bridgehead atoms. The van der Waals surface area contributed by atoms with Crippen LogP contribution in [0.25, 0.3) is 0 Å². The van der Waals surface area contributed by atoms with Gasteiger partial charge in [-0.3, -0.25) is 5.32 Å². The molecule has 0 amide bonds. The van der Waals surface area contributed by atoms with Gasteiger partial charge >= 0.3 is 0 Å². The molecule has 11 heteroatoms. The zero-order valence-electron chi connectivity index (χ0n) is 18.6. The third kappa shape index (κ3) is 3.50. The Hall–Kier alpha value is -1.38. The standard InChI is InChI=1S/C23H31NO10/c25-6-5-12-1-3-13(4-2-12)29-8-14-7-24-23(34-14)20-18(16(27)10-31-20)33-21(23)22(28)11-32-17-15(26)9-30-19(17)22/h1-4,14-21,24-28H,5-11H2/t14-,15-,16-,17-,18-,19+,20+,21-,22-,23-/m1/s1. The molecule has 0 radical (unpaired) electrons. The van der Waals surface area contributed by atoms with Crippen molar-refractivity contribution in [2.45, 2.75) is 66.6 Å². The lowest BCUT2D eigenvalue weighted by Crippen LogP contribution is -2.67. The van der Waals surface area contributed by atoms with Crippen LogP contribution in [0.4, 0.5) is 0 Å². The topological polar surface area (TPSA) is 148 Å². The molecule has 1 spiro atoms. The molecular weight excluding hydrogens is 450 g/mol. The molecule has 188 valence electrons. The zero-order chi connectivity index (χ0) is 23.5. The van der Waals surface area contributed by atoms with Crippen molar-refractivity contribution in [3.8, 4) is 5.75 Å². The minimum absolute atomic E-state index is 0.0607. The number of rotatable bonds is 6. The van der Waals surface area contributed by atoms with Gasteiger partial charge in [0.2, 0.25) is 0 Å². The lowest BCUT2D eigenvalue weighted by molar-refractivity contribution is -0.224. The summed E-state index contributed by atoms with van der Waals surface area (Å²) in [6.07, 6.45) is -5.24. The summed E-state index contributed by atoms with van der Waals surface area (Å²) < 4.78 is 35.8. The second-order valence-corrected chi connectivity index (χ2v) is 9.73. The highest BCUT2D eigenvalue weighted by atomic mass is 16.7. The Morgan fingerprint density at radius 1 is 1.00 bits per heavy atom. The summed E-state index contributed by atoms with van der Waals surface area (Å²) in [5.74, 6) is 0.676. The first kappa shape index (κ1) is 23.0. The van der Waals surface area contributed by atoms with Gasteiger partial charge in [-0.05, 0) is 24.1 Å². The van der Waals surface area contributed by atoms with E-state index in [0.29, 0.717) is 18.7 Å². The summed E-state index contributed by atoms with van der Waals surface area (Å²) in [5.41, 5.74) is -1.84. The van der Waals surface area contributed by atoms with Gasteiger partial charge in [0.05, 0.1) is 19.8 Å². The molecule has 0 aromatic heterocycles. The normalized spacial score (nSPS) is 47.4. The van der Waals surface area contributed by atoms with Crippen molar-refractivity contribution in [2.75, 3.05) is 39.6 Å². The van der Waals surface area contributed by atoms with E-state index in [1.54, 1.807) is 0 Å². The lowest BCUT2D eigenvalue weighted by Gasteiger charge is -2.41. The third-order valence-corrected chi connectivity index (χ3v) is 7.53. The van der Waals surface area contributed by atoms with Gasteiger partial charge in [-0.25, -0.2) is 0 Å². The van der Waals surface area contributed by atoms with Crippen LogP contribution in [0.1, 0.15) is 5.56 Å². The number of benzene rings is 1. The van der Waals surface area contributed by atoms with Crippen molar-refractivity contribution >= 4 is 0 Å². The highest BCUT2D eigenvalue weighted by Crippen LogP contribution is 2.50. The van der Waals surface area contributed by atoms with Crippen molar-refractivity contribution in [3.63, 3.8) is 0 Å². The van der Waals surface area contributed by atoms with E-state index in [1.807, 2.05) is 24.3 Å². The Morgan fingerprint density at radius 2 is 1.74 bits per heavy atom. The fraction of sp³-hybridized carbons (Fsp3) is 0.739. The van der Waals surface area contributed by atoms with Gasteiger partial charge in [0.15, 0.2) is 5.72 Å². The van der Waals surface area contributed by atoms with Crippen molar-refractivity contribution in [3.05, 3.63) is 29.8 Å². The number of nitrogens with one attached hydrogen (secondary N) is 1.